The Morgan fingerprint density at radius 1 is 0.622 bits per heavy atom. The number of allylic oxidation sites excluding steroid dienone is 7. The second kappa shape index (κ2) is 48.9. The number of nitrogens with zero attached hydrogens (tertiary/aromatic N) is 5. The van der Waals surface area contributed by atoms with Gasteiger partial charge in [-0.05, 0) is 120 Å². The van der Waals surface area contributed by atoms with Crippen LogP contribution in [0.1, 0.15) is 144 Å². The number of unbranched alkanes of at least 4 members (excludes halogenated alkanes) is 2. The Kier molecular flexibility index (Phi) is 38.2. The standard InChI is InChI=1S/C88H118N8O23/c1-59(2)69(18-14-17-68(97)28-33-109-35-37-111-39-41-113-43-45-115-47-48-116-46-44-114-42-40-112-38-36-110-34-29-89-80(98)27-30-93-81(99)52-70(84(93)102)65-16-11-10-15-60(3)19-23-65)83(101)91-63(6)82(100)92-66-24-21-64(22-25-66)58-119-88(106)96-75-54-79(77(108-8)51-72(75)86(104)95-56-61(4)20-26-74(95)87(96)105)118-32-13-9-12-31-117-78-53-73-71(50-76(78)107-7)85(103)94-57-62(5)49-67(94)55-90-73/h10-11,15-16,21-25,50-51,53-57,59,63,67,69-70,74,87,105H,3,9,12-14,17-20,26-49,52,58H2,1-2,4-8H3,(H,89,98)(H,91,101)(H,92,100)/t63-,67-,69-,70?,74?,87-/m0/s1. The molecule has 5 heterocycles. The van der Waals surface area contributed by atoms with Crippen molar-refractivity contribution in [2.45, 2.75) is 149 Å². The molecule has 0 radical (unpaired) electrons. The van der Waals surface area contributed by atoms with Crippen LogP contribution in [0.25, 0.3) is 0 Å². The molecular weight excluding hydrogens is 1540 g/mol. The number of methoxy groups -OCH3 is 2. The van der Waals surface area contributed by atoms with Crippen LogP contribution in [0.3, 0.4) is 0 Å². The monoisotopic (exact) mass is 1650 g/mol. The fourth-order valence-corrected chi connectivity index (χ4v) is 14.1. The number of fused-ring (bicyclic) bond motifs is 4. The minimum absolute atomic E-state index is 0.0130. The van der Waals surface area contributed by atoms with Gasteiger partial charge in [-0.1, -0.05) is 79.7 Å². The molecule has 3 aromatic rings. The molecule has 1 saturated heterocycles. The van der Waals surface area contributed by atoms with Gasteiger partial charge in [-0.3, -0.25) is 48.2 Å². The zero-order chi connectivity index (χ0) is 85.0. The van der Waals surface area contributed by atoms with E-state index in [4.69, 9.17) is 61.6 Å². The molecule has 8 amide bonds. The van der Waals surface area contributed by atoms with Crippen molar-refractivity contribution in [2.24, 2.45) is 22.7 Å². The van der Waals surface area contributed by atoms with Crippen molar-refractivity contribution >= 4 is 76.5 Å². The van der Waals surface area contributed by atoms with Gasteiger partial charge in [0.15, 0.2) is 29.2 Å². The predicted octanol–water partition coefficient (Wildman–Crippen LogP) is 10.0. The van der Waals surface area contributed by atoms with E-state index < -0.39 is 48.1 Å². The summed E-state index contributed by atoms with van der Waals surface area (Å²) in [6.07, 6.45) is 18.1. The average Bonchev–Trinajstić information content (AvgIpc) is 1.62. The molecule has 0 spiro atoms. The third kappa shape index (κ3) is 28.6. The van der Waals surface area contributed by atoms with Crippen LogP contribution in [-0.4, -0.2) is 250 Å². The summed E-state index contributed by atoms with van der Waals surface area (Å²) in [7, 11) is 2.98. The van der Waals surface area contributed by atoms with Crippen molar-refractivity contribution in [3.63, 3.8) is 0 Å². The maximum Gasteiger partial charge on any atom is 0.416 e. The van der Waals surface area contributed by atoms with Gasteiger partial charge in [-0.2, -0.15) is 0 Å². The van der Waals surface area contributed by atoms with Gasteiger partial charge in [0.05, 0.1) is 174 Å². The third-order valence-electron chi connectivity index (χ3n) is 20.7. The lowest BCUT2D eigenvalue weighted by Crippen LogP contribution is -2.52. The number of aliphatic hydroxyl groups is 1. The van der Waals surface area contributed by atoms with Crippen LogP contribution in [0.4, 0.5) is 21.9 Å². The fraction of sp³-hybridized carbons (Fsp3) is 0.545. The first-order valence-corrected chi connectivity index (χ1v) is 41.2. The van der Waals surface area contributed by atoms with Crippen molar-refractivity contribution in [1.29, 1.82) is 0 Å². The molecule has 1 aliphatic carbocycles. The van der Waals surface area contributed by atoms with E-state index >= 15 is 0 Å². The Labute approximate surface area is 696 Å². The Balaban J connectivity index is 0.564. The first-order valence-electron chi connectivity index (χ1n) is 41.2. The molecule has 6 aliphatic rings. The molecule has 648 valence electrons. The van der Waals surface area contributed by atoms with Gasteiger partial charge in [0.1, 0.15) is 18.4 Å². The first kappa shape index (κ1) is 92.9. The minimum Gasteiger partial charge on any atom is -0.493 e. The summed E-state index contributed by atoms with van der Waals surface area (Å²) in [6, 6.07) is 11.2. The summed E-state index contributed by atoms with van der Waals surface area (Å²) >= 11 is 0. The number of nitrogens with one attached hydrogen (secondary N) is 3. The highest BCUT2D eigenvalue weighted by Crippen LogP contribution is 2.43. The molecule has 31 heteroatoms. The van der Waals surface area contributed by atoms with Crippen LogP contribution < -0.4 is 39.8 Å². The molecular formula is C88H118N8O23. The van der Waals surface area contributed by atoms with Crippen molar-refractivity contribution in [3.8, 4) is 23.0 Å². The number of hydrogen-bond donors (Lipinski definition) is 4. The zero-order valence-electron chi connectivity index (χ0n) is 69.7. The van der Waals surface area contributed by atoms with E-state index in [1.54, 1.807) is 60.6 Å². The number of hydrogen-bond acceptors (Lipinski definition) is 24. The number of imide groups is 1. The van der Waals surface area contributed by atoms with E-state index in [9.17, 15) is 48.3 Å². The quantitative estimate of drug-likeness (QED) is 0.0301. The Morgan fingerprint density at radius 2 is 1.20 bits per heavy atom. The Morgan fingerprint density at radius 3 is 1.82 bits per heavy atom. The zero-order valence-corrected chi connectivity index (χ0v) is 69.7. The maximum absolute atomic E-state index is 14.4. The predicted molar refractivity (Wildman–Crippen MR) is 443 cm³/mol. The molecule has 0 aromatic heterocycles. The molecule has 0 bridgehead atoms. The van der Waals surface area contributed by atoms with E-state index in [0.717, 1.165) is 33.6 Å². The lowest BCUT2D eigenvalue weighted by Gasteiger charge is -2.37. The van der Waals surface area contributed by atoms with Crippen LogP contribution in [0.5, 0.6) is 23.0 Å². The number of ketones is 1. The number of anilines is 2. The van der Waals surface area contributed by atoms with E-state index in [1.807, 2.05) is 64.3 Å². The summed E-state index contributed by atoms with van der Waals surface area (Å²) < 4.78 is 74.1. The SMILES string of the molecule is C=C1C=CC=CC(C2CC(=O)N(CCC(=O)NCCOCCOCCOCCOCCOCCOCCOCCOCCC(=O)CCC[C@H](C(=O)N[C@@H](C)C(=O)Nc3ccc(COC(=O)N4c5cc(OCCCCCOc6cc7c(cc6OC)C(=O)N6C=C(C)C[C@H]6C=N7)c(OC)cc5C(=O)N5C=C(C)CCC5[C@@H]4O)cc3)C(C)C)C2=O)=CC1. The highest BCUT2D eigenvalue weighted by molar-refractivity contribution is 6.08. The highest BCUT2D eigenvalue weighted by Gasteiger charge is 2.45. The number of carbonyl (C=O) groups excluding carboxylic acids is 9. The number of rotatable bonds is 52. The summed E-state index contributed by atoms with van der Waals surface area (Å²) in [5.41, 5.74) is 5.82. The summed E-state index contributed by atoms with van der Waals surface area (Å²) in [5.74, 6) is -1.83. The lowest BCUT2D eigenvalue weighted by molar-refractivity contribution is -0.139. The smallest absolute Gasteiger partial charge is 0.416 e. The molecule has 4 N–H and O–H groups in total. The maximum atomic E-state index is 14.4. The minimum atomic E-state index is -1.51. The van der Waals surface area contributed by atoms with Gasteiger partial charge in [-0.15, -0.1) is 0 Å². The second-order valence-corrected chi connectivity index (χ2v) is 30.0. The van der Waals surface area contributed by atoms with Crippen LogP contribution >= 0.6 is 0 Å². The van der Waals surface area contributed by atoms with Crippen LogP contribution in [0.2, 0.25) is 0 Å². The number of amides is 8. The number of benzene rings is 3. The number of Topliss-reactive ketones (excluding diaryl/α,β-unsaturated/α-hetero) is 1. The molecule has 0 saturated carbocycles. The topological polar surface area (TPSA) is 355 Å². The van der Waals surface area contributed by atoms with Crippen LogP contribution in [0, 0.1) is 17.8 Å². The molecule has 6 atom stereocenters. The molecule has 3 aromatic carbocycles. The number of aliphatic imine (C=N–C) groups is 1. The molecule has 9 rings (SSSR count). The Bertz CT molecular complexity index is 4140. The normalized spacial score (nSPS) is 18.1. The fourth-order valence-electron chi connectivity index (χ4n) is 14.1. The molecule has 5 aliphatic heterocycles. The van der Waals surface area contributed by atoms with Crippen molar-refractivity contribution in [3.05, 3.63) is 137 Å². The Hall–Kier alpha value is -9.96. The molecule has 1 fully saturated rings. The number of carbonyl (C=O) groups is 9. The van der Waals surface area contributed by atoms with E-state index in [2.05, 4.69) is 27.5 Å². The van der Waals surface area contributed by atoms with Gasteiger partial charge in [0.2, 0.25) is 29.5 Å². The second-order valence-electron chi connectivity index (χ2n) is 30.0. The number of ether oxygens (including phenoxy) is 13. The van der Waals surface area contributed by atoms with E-state index in [1.165, 1.54) is 36.2 Å². The van der Waals surface area contributed by atoms with Gasteiger partial charge < -0.3 is 92.4 Å². The van der Waals surface area contributed by atoms with Crippen molar-refractivity contribution in [2.75, 3.05) is 156 Å². The van der Waals surface area contributed by atoms with Crippen LogP contribution in [0.15, 0.2) is 125 Å². The van der Waals surface area contributed by atoms with E-state index in [0.29, 0.717) is 184 Å². The molecule has 2 unspecified atom stereocenters. The third-order valence-corrected chi connectivity index (χ3v) is 20.7. The number of likely N-dealkylation sites (tertiary alicyclic amines) is 1. The van der Waals surface area contributed by atoms with Crippen molar-refractivity contribution in [1.82, 2.24) is 25.3 Å². The summed E-state index contributed by atoms with van der Waals surface area (Å²) in [4.78, 5) is 130. The lowest BCUT2D eigenvalue weighted by atomic mass is 9.89. The van der Waals surface area contributed by atoms with Gasteiger partial charge in [-0.25, -0.2) is 9.69 Å². The first-order chi connectivity index (χ1) is 57.6. The average molecular weight is 1660 g/mol. The summed E-state index contributed by atoms with van der Waals surface area (Å²) in [5, 5.41) is 20.5. The molecule has 31 nitrogen and oxygen atoms in total. The largest absolute Gasteiger partial charge is 0.493 e. The van der Waals surface area contributed by atoms with Gasteiger partial charge >= 0.3 is 6.09 Å². The molecule has 119 heavy (non-hydrogen) atoms. The van der Waals surface area contributed by atoms with Crippen molar-refractivity contribution < 1.29 is 110 Å². The van der Waals surface area contributed by atoms with Gasteiger partial charge in [0, 0.05) is 81.1 Å². The van der Waals surface area contributed by atoms with Gasteiger partial charge in [0.25, 0.3) is 11.8 Å². The van der Waals surface area contributed by atoms with E-state index in [-0.39, 0.29) is 135 Å². The number of aliphatic hydroxyl groups excluding tert-OH is 1. The highest BCUT2D eigenvalue weighted by atomic mass is 16.6. The van der Waals surface area contributed by atoms with Crippen LogP contribution in [-0.2, 0) is 78.0 Å². The summed E-state index contributed by atoms with van der Waals surface area (Å²) in [6.45, 7) is 19.8.